The number of aryl methyl sites for hydroxylation is 3. The van der Waals surface area contributed by atoms with Gasteiger partial charge in [-0.3, -0.25) is 9.59 Å². The van der Waals surface area contributed by atoms with E-state index in [2.05, 4.69) is 10.3 Å². The van der Waals surface area contributed by atoms with Crippen molar-refractivity contribution in [2.45, 2.75) is 20.4 Å². The molecule has 1 N–H and O–H groups in total. The molecule has 0 fully saturated rings. The number of carbonyl (C=O) groups is 1. The summed E-state index contributed by atoms with van der Waals surface area (Å²) in [7, 11) is 1.65. The van der Waals surface area contributed by atoms with Crippen LogP contribution in [0.4, 0.5) is 5.69 Å². The van der Waals surface area contributed by atoms with Gasteiger partial charge in [0.15, 0.2) is 0 Å². The summed E-state index contributed by atoms with van der Waals surface area (Å²) in [5.74, 6) is -0.132. The highest BCUT2D eigenvalue weighted by Crippen LogP contribution is 2.15. The van der Waals surface area contributed by atoms with Crippen molar-refractivity contribution in [2.75, 3.05) is 5.32 Å². The molecule has 0 spiro atoms. The van der Waals surface area contributed by atoms with E-state index in [9.17, 15) is 9.59 Å². The number of nitrogens with one attached hydrogen (secondary N) is 1. The van der Waals surface area contributed by atoms with Crippen molar-refractivity contribution in [3.63, 3.8) is 0 Å². The number of amides is 1. The van der Waals surface area contributed by atoms with Crippen LogP contribution >= 0.6 is 0 Å². The summed E-state index contributed by atoms with van der Waals surface area (Å²) in [6, 6.07) is 9.11. The van der Waals surface area contributed by atoms with Crippen LogP contribution in [0.1, 0.15) is 11.4 Å². The van der Waals surface area contributed by atoms with Crippen LogP contribution in [0, 0.1) is 13.8 Å². The van der Waals surface area contributed by atoms with Crippen molar-refractivity contribution >= 4 is 22.5 Å². The Balaban J connectivity index is 1.85. The summed E-state index contributed by atoms with van der Waals surface area (Å²) in [6.45, 7) is 4.17. The number of carbonyl (C=O) groups excluding carboxylic acids is 1. The molecule has 0 aliphatic rings. The van der Waals surface area contributed by atoms with Crippen molar-refractivity contribution in [3.8, 4) is 0 Å². The maximum absolute atomic E-state index is 12.2. The van der Waals surface area contributed by atoms with Gasteiger partial charge in [-0.25, -0.2) is 4.98 Å². The molecule has 0 unspecified atom stereocenters. The Bertz CT molecular complexity index is 933. The predicted octanol–water partition coefficient (Wildman–Crippen LogP) is 1.99. The molecular formula is C17H18N4O2. The van der Waals surface area contributed by atoms with Gasteiger partial charge in [0.25, 0.3) is 5.56 Å². The molecule has 0 aliphatic heterocycles. The van der Waals surface area contributed by atoms with Gasteiger partial charge in [0.2, 0.25) is 5.91 Å². The highest BCUT2D eigenvalue weighted by Gasteiger charge is 2.09. The molecule has 3 rings (SSSR count). The maximum atomic E-state index is 12.2. The molecule has 23 heavy (non-hydrogen) atoms. The van der Waals surface area contributed by atoms with E-state index in [0.717, 1.165) is 11.4 Å². The number of rotatable bonds is 3. The average Bonchev–Trinajstić information content (AvgIpc) is 2.83. The fourth-order valence-electron chi connectivity index (χ4n) is 2.58. The van der Waals surface area contributed by atoms with Crippen LogP contribution < -0.4 is 10.9 Å². The lowest BCUT2D eigenvalue weighted by molar-refractivity contribution is -0.116. The lowest BCUT2D eigenvalue weighted by atomic mass is 10.2. The minimum Gasteiger partial charge on any atom is -0.340 e. The van der Waals surface area contributed by atoms with Gasteiger partial charge in [-0.2, -0.15) is 0 Å². The van der Waals surface area contributed by atoms with Crippen molar-refractivity contribution in [3.05, 3.63) is 58.4 Å². The molecule has 0 atom stereocenters. The average molecular weight is 310 g/mol. The summed E-state index contributed by atoms with van der Waals surface area (Å²) < 4.78 is 3.36. The van der Waals surface area contributed by atoms with Crippen LogP contribution in [0.3, 0.4) is 0 Å². The van der Waals surface area contributed by atoms with Crippen molar-refractivity contribution < 1.29 is 4.79 Å². The first-order valence-corrected chi connectivity index (χ1v) is 7.33. The third kappa shape index (κ3) is 2.88. The number of anilines is 1. The van der Waals surface area contributed by atoms with Gasteiger partial charge in [-0.1, -0.05) is 0 Å². The van der Waals surface area contributed by atoms with Crippen LogP contribution in [0.5, 0.6) is 0 Å². The van der Waals surface area contributed by atoms with Gasteiger partial charge in [0, 0.05) is 24.1 Å². The highest BCUT2D eigenvalue weighted by atomic mass is 16.2. The minimum absolute atomic E-state index is 0.132. The van der Waals surface area contributed by atoms with Crippen LogP contribution in [-0.4, -0.2) is 20.0 Å². The van der Waals surface area contributed by atoms with Gasteiger partial charge >= 0.3 is 0 Å². The van der Waals surface area contributed by atoms with E-state index in [1.807, 2.05) is 30.5 Å². The van der Waals surface area contributed by atoms with Gasteiger partial charge in [-0.05, 0) is 44.2 Å². The SMILES string of the molecule is Cc1ccc(C)n1CC(=O)Nc1ccc2ncn(C)c(=O)c2c1. The molecule has 0 radical (unpaired) electrons. The van der Waals surface area contributed by atoms with E-state index < -0.39 is 0 Å². The molecule has 2 aromatic heterocycles. The fourth-order valence-corrected chi connectivity index (χ4v) is 2.58. The van der Waals surface area contributed by atoms with E-state index in [1.54, 1.807) is 25.2 Å². The Kier molecular flexibility index (Phi) is 3.73. The number of nitrogens with zero attached hydrogens (tertiary/aromatic N) is 3. The fraction of sp³-hybridized carbons (Fsp3) is 0.235. The molecule has 6 nitrogen and oxygen atoms in total. The second-order valence-corrected chi connectivity index (χ2v) is 5.64. The van der Waals surface area contributed by atoms with Gasteiger partial charge in [0.05, 0.1) is 17.2 Å². The second-order valence-electron chi connectivity index (χ2n) is 5.64. The van der Waals surface area contributed by atoms with Crippen molar-refractivity contribution in [1.29, 1.82) is 0 Å². The van der Waals surface area contributed by atoms with E-state index in [-0.39, 0.29) is 18.0 Å². The summed E-state index contributed by atoms with van der Waals surface area (Å²) >= 11 is 0. The smallest absolute Gasteiger partial charge is 0.260 e. The van der Waals surface area contributed by atoms with Gasteiger partial charge < -0.3 is 14.5 Å². The Morgan fingerprint density at radius 2 is 1.87 bits per heavy atom. The van der Waals surface area contributed by atoms with Crippen LogP contribution in [-0.2, 0) is 18.4 Å². The monoisotopic (exact) mass is 310 g/mol. The second kappa shape index (κ2) is 5.72. The predicted molar refractivity (Wildman–Crippen MR) is 89.5 cm³/mol. The molecule has 0 saturated heterocycles. The summed E-state index contributed by atoms with van der Waals surface area (Å²) in [6.07, 6.45) is 1.49. The standard InChI is InChI=1S/C17H18N4O2/c1-11-4-5-12(2)21(11)9-16(22)19-13-6-7-15-14(8-13)17(23)20(3)10-18-15/h4-8,10H,9H2,1-3H3,(H,19,22). The molecule has 3 aromatic rings. The summed E-state index contributed by atoms with van der Waals surface area (Å²) in [4.78, 5) is 28.6. The Morgan fingerprint density at radius 1 is 1.17 bits per heavy atom. The maximum Gasteiger partial charge on any atom is 0.260 e. The van der Waals surface area contributed by atoms with Gasteiger partial charge in [-0.15, -0.1) is 0 Å². The van der Waals surface area contributed by atoms with Crippen molar-refractivity contribution in [1.82, 2.24) is 14.1 Å². The number of fused-ring (bicyclic) bond motifs is 1. The van der Waals surface area contributed by atoms with E-state index in [1.165, 1.54) is 10.9 Å². The van der Waals surface area contributed by atoms with E-state index in [4.69, 9.17) is 0 Å². The van der Waals surface area contributed by atoms with Gasteiger partial charge in [0.1, 0.15) is 6.54 Å². The Hall–Kier alpha value is -2.89. The molecule has 2 heterocycles. The van der Waals surface area contributed by atoms with Crippen LogP contribution in [0.25, 0.3) is 10.9 Å². The van der Waals surface area contributed by atoms with Crippen LogP contribution in [0.15, 0.2) is 41.5 Å². The lowest BCUT2D eigenvalue weighted by Gasteiger charge is -2.10. The molecular weight excluding hydrogens is 292 g/mol. The minimum atomic E-state index is -0.136. The third-order valence-corrected chi connectivity index (χ3v) is 3.92. The Labute approximate surface area is 133 Å². The molecule has 0 aliphatic carbocycles. The number of hydrogen-bond acceptors (Lipinski definition) is 3. The number of benzene rings is 1. The zero-order chi connectivity index (χ0) is 16.6. The van der Waals surface area contributed by atoms with Crippen LogP contribution in [0.2, 0.25) is 0 Å². The zero-order valence-corrected chi connectivity index (χ0v) is 13.3. The molecule has 0 saturated carbocycles. The quantitative estimate of drug-likeness (QED) is 0.804. The summed E-state index contributed by atoms with van der Waals surface area (Å²) in [5.41, 5.74) is 3.14. The largest absolute Gasteiger partial charge is 0.340 e. The first-order valence-electron chi connectivity index (χ1n) is 7.33. The highest BCUT2D eigenvalue weighted by molar-refractivity contribution is 5.93. The molecule has 0 bridgehead atoms. The number of hydrogen-bond donors (Lipinski definition) is 1. The topological polar surface area (TPSA) is 68.9 Å². The normalized spacial score (nSPS) is 10.9. The van der Waals surface area contributed by atoms with Crippen molar-refractivity contribution in [2.24, 2.45) is 7.05 Å². The van der Waals surface area contributed by atoms with E-state index >= 15 is 0 Å². The number of aromatic nitrogens is 3. The first-order chi connectivity index (χ1) is 11.0. The first kappa shape index (κ1) is 15.0. The third-order valence-electron chi connectivity index (χ3n) is 3.92. The van der Waals surface area contributed by atoms with E-state index in [0.29, 0.717) is 16.6 Å². The molecule has 118 valence electrons. The molecule has 1 amide bonds. The summed E-state index contributed by atoms with van der Waals surface area (Å²) in [5, 5.41) is 3.32. The molecule has 1 aromatic carbocycles. The molecule has 6 heteroatoms. The zero-order valence-electron chi connectivity index (χ0n) is 13.3. The lowest BCUT2D eigenvalue weighted by Crippen LogP contribution is -2.21. The Morgan fingerprint density at radius 3 is 2.57 bits per heavy atom.